The summed E-state index contributed by atoms with van der Waals surface area (Å²) in [6.45, 7) is 1.00. The molecule has 2 amide bonds. The molecule has 3 rings (SSSR count). The van der Waals surface area contributed by atoms with Gasteiger partial charge >= 0.3 is 0 Å². The number of aliphatic hydroxyl groups is 1. The Balaban J connectivity index is 1.50. The molecule has 1 aromatic rings. The first kappa shape index (κ1) is 18.4. The molecule has 1 aliphatic heterocycles. The van der Waals surface area contributed by atoms with Crippen molar-refractivity contribution < 1.29 is 14.7 Å². The van der Waals surface area contributed by atoms with E-state index in [-0.39, 0.29) is 17.7 Å². The zero-order valence-corrected chi connectivity index (χ0v) is 15.7. The Kier molecular flexibility index (Phi) is 5.46. The van der Waals surface area contributed by atoms with Gasteiger partial charge in [0, 0.05) is 29.2 Å². The number of halogens is 1. The van der Waals surface area contributed by atoms with Crippen molar-refractivity contribution in [3.63, 3.8) is 0 Å². The van der Waals surface area contributed by atoms with E-state index in [1.807, 2.05) is 24.3 Å². The van der Waals surface area contributed by atoms with Gasteiger partial charge in [-0.2, -0.15) is 0 Å². The molecule has 1 aromatic carbocycles. The summed E-state index contributed by atoms with van der Waals surface area (Å²) in [7, 11) is 0. The zero-order valence-electron chi connectivity index (χ0n) is 14.1. The van der Waals surface area contributed by atoms with Gasteiger partial charge in [-0.1, -0.05) is 15.9 Å². The molecule has 0 bridgehead atoms. The van der Waals surface area contributed by atoms with Crippen LogP contribution in [0, 0.1) is 5.92 Å². The van der Waals surface area contributed by atoms with Crippen LogP contribution in [0.5, 0.6) is 0 Å². The van der Waals surface area contributed by atoms with Crippen molar-refractivity contribution in [2.75, 3.05) is 18.4 Å². The molecular formula is C18H24BrN3O3. The lowest BCUT2D eigenvalue weighted by Gasteiger charge is -2.43. The molecule has 136 valence electrons. The van der Waals surface area contributed by atoms with E-state index in [4.69, 9.17) is 5.73 Å². The Morgan fingerprint density at radius 1 is 1.24 bits per heavy atom. The van der Waals surface area contributed by atoms with Crippen molar-refractivity contribution in [2.24, 2.45) is 11.7 Å². The Morgan fingerprint density at radius 2 is 1.84 bits per heavy atom. The van der Waals surface area contributed by atoms with Gasteiger partial charge in [0.25, 0.3) is 0 Å². The lowest BCUT2D eigenvalue weighted by atomic mass is 9.74. The zero-order chi connectivity index (χ0) is 18.0. The third-order valence-electron chi connectivity index (χ3n) is 5.35. The van der Waals surface area contributed by atoms with Crippen molar-refractivity contribution in [3.8, 4) is 0 Å². The third-order valence-corrected chi connectivity index (χ3v) is 5.88. The molecule has 0 spiro atoms. The molecule has 1 aliphatic carbocycles. The van der Waals surface area contributed by atoms with Gasteiger partial charge in [0.2, 0.25) is 11.8 Å². The van der Waals surface area contributed by atoms with E-state index in [2.05, 4.69) is 21.2 Å². The molecule has 6 nitrogen and oxygen atoms in total. The maximum Gasteiger partial charge on any atom is 0.242 e. The highest BCUT2D eigenvalue weighted by Crippen LogP contribution is 2.35. The second kappa shape index (κ2) is 7.43. The molecule has 25 heavy (non-hydrogen) atoms. The van der Waals surface area contributed by atoms with Crippen molar-refractivity contribution in [1.82, 2.24) is 4.90 Å². The van der Waals surface area contributed by atoms with Crippen LogP contribution in [0.3, 0.4) is 0 Å². The molecule has 2 aliphatic rings. The van der Waals surface area contributed by atoms with Gasteiger partial charge in [-0.25, -0.2) is 0 Å². The maximum absolute atomic E-state index is 12.5. The van der Waals surface area contributed by atoms with Crippen LogP contribution in [0.2, 0.25) is 0 Å². The molecule has 1 saturated heterocycles. The Labute approximate surface area is 155 Å². The highest BCUT2D eigenvalue weighted by atomic mass is 79.9. The van der Waals surface area contributed by atoms with Crippen LogP contribution in [0.25, 0.3) is 0 Å². The number of anilines is 1. The highest BCUT2D eigenvalue weighted by molar-refractivity contribution is 9.10. The van der Waals surface area contributed by atoms with Crippen molar-refractivity contribution in [3.05, 3.63) is 28.7 Å². The van der Waals surface area contributed by atoms with E-state index in [0.717, 1.165) is 16.6 Å². The fourth-order valence-electron chi connectivity index (χ4n) is 3.42. The highest BCUT2D eigenvalue weighted by Gasteiger charge is 2.45. The number of nitrogens with one attached hydrogen (secondary N) is 1. The summed E-state index contributed by atoms with van der Waals surface area (Å²) >= 11 is 3.37. The lowest BCUT2D eigenvalue weighted by Crippen LogP contribution is -2.61. The molecular weight excluding hydrogens is 386 g/mol. The van der Waals surface area contributed by atoms with Crippen molar-refractivity contribution in [1.29, 1.82) is 0 Å². The minimum absolute atomic E-state index is 0.0173. The number of nitrogens with zero attached hydrogens (tertiary/aromatic N) is 1. The largest absolute Gasteiger partial charge is 0.388 e. The summed E-state index contributed by atoms with van der Waals surface area (Å²) in [5.41, 5.74) is 5.70. The quantitative estimate of drug-likeness (QED) is 0.706. The predicted molar refractivity (Wildman–Crippen MR) is 98.9 cm³/mol. The van der Waals surface area contributed by atoms with E-state index >= 15 is 0 Å². The average molecular weight is 410 g/mol. The maximum atomic E-state index is 12.5. The van der Waals surface area contributed by atoms with E-state index in [1.165, 1.54) is 0 Å². The van der Waals surface area contributed by atoms with Gasteiger partial charge in [0.1, 0.15) is 6.04 Å². The van der Waals surface area contributed by atoms with Gasteiger partial charge < -0.3 is 21.1 Å². The molecule has 1 heterocycles. The molecule has 2 fully saturated rings. The van der Waals surface area contributed by atoms with Gasteiger partial charge in [-0.3, -0.25) is 9.59 Å². The minimum atomic E-state index is -1.03. The van der Waals surface area contributed by atoms with Crippen LogP contribution in [-0.2, 0) is 9.59 Å². The molecule has 1 saturated carbocycles. The summed E-state index contributed by atoms with van der Waals surface area (Å²) in [5, 5.41) is 13.2. The second-order valence-electron chi connectivity index (χ2n) is 7.03. The molecule has 4 N–H and O–H groups in total. The number of amides is 2. The number of piperidine rings is 1. The van der Waals surface area contributed by atoms with Crippen LogP contribution >= 0.6 is 15.9 Å². The van der Waals surface area contributed by atoms with Gasteiger partial charge in [-0.05, 0) is 56.4 Å². The fourth-order valence-corrected chi connectivity index (χ4v) is 3.68. The number of rotatable bonds is 4. The monoisotopic (exact) mass is 409 g/mol. The standard InChI is InChI=1S/C18H24BrN3O3/c19-13-2-4-14(5-3-13)21-16(23)12-6-10-22(11-7-12)17(24)15(20)18(25)8-1-9-18/h2-5,12,15,25H,1,6-11,20H2,(H,21,23). The normalized spacial score (nSPS) is 21.3. The number of carbonyl (C=O) groups is 2. The van der Waals surface area contributed by atoms with Gasteiger partial charge in [0.05, 0.1) is 5.60 Å². The molecule has 1 unspecified atom stereocenters. The first-order chi connectivity index (χ1) is 11.9. The van der Waals surface area contributed by atoms with Gasteiger partial charge in [0.15, 0.2) is 0 Å². The summed E-state index contributed by atoms with van der Waals surface area (Å²) in [5.74, 6) is -0.332. The molecule has 1 atom stereocenters. The number of benzene rings is 1. The SMILES string of the molecule is NC(C(=O)N1CCC(C(=O)Nc2ccc(Br)cc2)CC1)C1(O)CCC1. The van der Waals surface area contributed by atoms with Gasteiger partial charge in [-0.15, -0.1) is 0 Å². The topological polar surface area (TPSA) is 95.7 Å². The Morgan fingerprint density at radius 3 is 2.36 bits per heavy atom. The second-order valence-corrected chi connectivity index (χ2v) is 7.95. The average Bonchev–Trinajstić information content (AvgIpc) is 2.60. The third kappa shape index (κ3) is 4.04. The van der Waals surface area contributed by atoms with Crippen LogP contribution in [0.15, 0.2) is 28.7 Å². The first-order valence-corrected chi connectivity index (χ1v) is 9.51. The van der Waals surface area contributed by atoms with E-state index < -0.39 is 11.6 Å². The summed E-state index contributed by atoms with van der Waals surface area (Å²) in [6, 6.07) is 6.60. The number of nitrogens with two attached hydrogens (primary N) is 1. The number of carbonyl (C=O) groups excluding carboxylic acids is 2. The molecule has 0 aromatic heterocycles. The summed E-state index contributed by atoms with van der Waals surface area (Å²) in [4.78, 5) is 26.5. The Hall–Kier alpha value is -1.44. The van der Waals surface area contributed by atoms with E-state index in [1.54, 1.807) is 4.90 Å². The van der Waals surface area contributed by atoms with Crippen molar-refractivity contribution in [2.45, 2.75) is 43.7 Å². The Bertz CT molecular complexity index is 637. The molecule has 0 radical (unpaired) electrons. The van der Waals surface area contributed by atoms with Crippen LogP contribution in [-0.4, -0.2) is 46.6 Å². The van der Waals surface area contributed by atoms with Crippen LogP contribution in [0.4, 0.5) is 5.69 Å². The fraction of sp³-hybridized carbons (Fsp3) is 0.556. The smallest absolute Gasteiger partial charge is 0.242 e. The summed E-state index contributed by atoms with van der Waals surface area (Å²) < 4.78 is 0.960. The predicted octanol–water partition coefficient (Wildman–Crippen LogP) is 1.87. The minimum Gasteiger partial charge on any atom is -0.388 e. The number of likely N-dealkylation sites (tertiary alicyclic amines) is 1. The first-order valence-electron chi connectivity index (χ1n) is 8.72. The van der Waals surface area contributed by atoms with E-state index in [9.17, 15) is 14.7 Å². The molecule has 7 heteroatoms. The summed E-state index contributed by atoms with van der Waals surface area (Å²) in [6.07, 6.45) is 3.31. The van der Waals surface area contributed by atoms with Crippen LogP contribution in [0.1, 0.15) is 32.1 Å². The lowest BCUT2D eigenvalue weighted by molar-refractivity contribution is -0.146. The van der Waals surface area contributed by atoms with Crippen molar-refractivity contribution >= 4 is 33.4 Å². The van der Waals surface area contributed by atoms with E-state index in [0.29, 0.717) is 38.8 Å². The van der Waals surface area contributed by atoms with Crippen LogP contribution < -0.4 is 11.1 Å². The number of hydrogen-bond acceptors (Lipinski definition) is 4. The number of hydrogen-bond donors (Lipinski definition) is 3.